The lowest BCUT2D eigenvalue weighted by molar-refractivity contribution is -0.125. The first-order valence-corrected chi connectivity index (χ1v) is 10.1. The molecule has 4 rings (SSSR count). The minimum Gasteiger partial charge on any atom is -0.448 e. The van der Waals surface area contributed by atoms with Crippen molar-refractivity contribution in [3.05, 3.63) is 80.3 Å². The summed E-state index contributed by atoms with van der Waals surface area (Å²) >= 11 is 13.6. The summed E-state index contributed by atoms with van der Waals surface area (Å²) in [5.41, 5.74) is 2.18. The van der Waals surface area contributed by atoms with Crippen molar-refractivity contribution in [3.8, 4) is 0 Å². The average Bonchev–Trinajstić information content (AvgIpc) is 3.12. The van der Waals surface area contributed by atoms with Crippen LogP contribution in [0.3, 0.4) is 0 Å². The molecule has 1 amide bonds. The Morgan fingerprint density at radius 3 is 2.89 bits per heavy atom. The van der Waals surface area contributed by atoms with E-state index in [4.69, 9.17) is 27.9 Å². The Kier molecular flexibility index (Phi) is 5.35. The third-order valence-electron chi connectivity index (χ3n) is 4.36. The van der Waals surface area contributed by atoms with Gasteiger partial charge in [-0.15, -0.1) is 11.3 Å². The summed E-state index contributed by atoms with van der Waals surface area (Å²) in [7, 11) is 0. The number of aromatic nitrogens is 1. The molecule has 1 unspecified atom stereocenters. The number of hydrogen-bond acceptors (Lipinski definition) is 5. The second-order valence-corrected chi connectivity index (χ2v) is 8.17. The van der Waals surface area contributed by atoms with Crippen molar-refractivity contribution < 1.29 is 14.3 Å². The van der Waals surface area contributed by atoms with Gasteiger partial charge in [0.15, 0.2) is 11.2 Å². The predicted octanol–water partition coefficient (Wildman–Crippen LogP) is 4.76. The van der Waals surface area contributed by atoms with Gasteiger partial charge in [-0.2, -0.15) is 0 Å². The first kappa shape index (κ1) is 18.9. The molecular weight excluding hydrogens is 419 g/mol. The zero-order valence-electron chi connectivity index (χ0n) is 14.4. The van der Waals surface area contributed by atoms with Gasteiger partial charge < -0.3 is 4.74 Å². The minimum atomic E-state index is -0.878. The van der Waals surface area contributed by atoms with Crippen LogP contribution in [0, 0.1) is 0 Å². The average molecular weight is 433 g/mol. The second kappa shape index (κ2) is 7.91. The summed E-state index contributed by atoms with van der Waals surface area (Å²) in [4.78, 5) is 29.8. The molecule has 1 atom stereocenters. The topological polar surface area (TPSA) is 68.3 Å². The summed E-state index contributed by atoms with van der Waals surface area (Å²) in [5.74, 6) is -0.887. The highest BCUT2D eigenvalue weighted by molar-refractivity contribution is 7.15. The van der Waals surface area contributed by atoms with Crippen LogP contribution in [0.2, 0.25) is 10.0 Å². The molecule has 0 fully saturated rings. The molecule has 0 saturated carbocycles. The van der Waals surface area contributed by atoms with Crippen LogP contribution in [0.5, 0.6) is 0 Å². The summed E-state index contributed by atoms with van der Waals surface area (Å²) in [6, 6.07) is 12.6. The van der Waals surface area contributed by atoms with E-state index < -0.39 is 18.0 Å². The van der Waals surface area contributed by atoms with Gasteiger partial charge in [0.1, 0.15) is 0 Å². The third kappa shape index (κ3) is 3.90. The Balaban J connectivity index is 1.44. The largest absolute Gasteiger partial charge is 0.448 e. The molecule has 1 aromatic heterocycles. The van der Waals surface area contributed by atoms with Crippen molar-refractivity contribution in [2.24, 2.45) is 0 Å². The molecule has 0 aliphatic carbocycles. The molecule has 3 aromatic rings. The Labute approximate surface area is 175 Å². The fourth-order valence-corrected chi connectivity index (χ4v) is 4.21. The van der Waals surface area contributed by atoms with Gasteiger partial charge in [-0.3, -0.25) is 10.1 Å². The van der Waals surface area contributed by atoms with Crippen LogP contribution >= 0.6 is 34.5 Å². The molecule has 0 bridgehead atoms. The number of cyclic esters (lactones) is 1. The number of halogens is 2. The van der Waals surface area contributed by atoms with Crippen molar-refractivity contribution in [2.45, 2.75) is 18.9 Å². The third-order valence-corrected chi connectivity index (χ3v) is 6.14. The van der Waals surface area contributed by atoms with Gasteiger partial charge in [0.2, 0.25) is 0 Å². The van der Waals surface area contributed by atoms with Crippen LogP contribution in [0.4, 0.5) is 5.13 Å². The van der Waals surface area contributed by atoms with E-state index in [1.165, 1.54) is 11.3 Å². The first-order chi connectivity index (χ1) is 13.5. The zero-order valence-corrected chi connectivity index (χ0v) is 16.8. The van der Waals surface area contributed by atoms with E-state index in [2.05, 4.69) is 10.3 Å². The molecule has 1 aliphatic heterocycles. The van der Waals surface area contributed by atoms with Crippen LogP contribution in [0.15, 0.2) is 48.7 Å². The molecule has 5 nitrogen and oxygen atoms in total. The number of benzene rings is 2. The SMILES string of the molecule is O=C1OC(C(=O)Nc2ncc(Cc3cccc(Cl)c3Cl)s2)Cc2ccccc21. The standard InChI is InChI=1S/C20H14Cl2N2O3S/c21-15-7-3-5-12(17(15)22)8-13-10-23-20(28-13)24-18(25)16-9-11-4-1-2-6-14(11)19(26)27-16/h1-7,10,16H,8-9H2,(H,23,24,25). The molecular formula is C20H14Cl2N2O3S. The van der Waals surface area contributed by atoms with Crippen molar-refractivity contribution >= 4 is 51.5 Å². The predicted molar refractivity (Wildman–Crippen MR) is 109 cm³/mol. The molecule has 0 radical (unpaired) electrons. The molecule has 2 heterocycles. The van der Waals surface area contributed by atoms with E-state index >= 15 is 0 Å². The maximum atomic E-state index is 12.5. The maximum absolute atomic E-state index is 12.5. The number of amides is 1. The molecule has 0 spiro atoms. The molecule has 1 N–H and O–H groups in total. The lowest BCUT2D eigenvalue weighted by Crippen LogP contribution is -2.37. The van der Waals surface area contributed by atoms with Gasteiger partial charge in [-0.05, 0) is 23.3 Å². The Bertz CT molecular complexity index is 1070. The van der Waals surface area contributed by atoms with E-state index in [0.29, 0.717) is 33.6 Å². The van der Waals surface area contributed by atoms with Crippen molar-refractivity contribution in [1.82, 2.24) is 4.98 Å². The Morgan fingerprint density at radius 2 is 2.04 bits per heavy atom. The number of thiazole rings is 1. The number of fused-ring (bicyclic) bond motifs is 1. The van der Waals surface area contributed by atoms with Crippen LogP contribution in [0.25, 0.3) is 0 Å². The van der Waals surface area contributed by atoms with E-state index in [1.807, 2.05) is 24.3 Å². The van der Waals surface area contributed by atoms with Gasteiger partial charge in [0.05, 0.1) is 15.6 Å². The van der Waals surface area contributed by atoms with E-state index in [-0.39, 0.29) is 0 Å². The van der Waals surface area contributed by atoms with Crippen LogP contribution < -0.4 is 5.32 Å². The van der Waals surface area contributed by atoms with Crippen LogP contribution in [0.1, 0.15) is 26.4 Å². The molecule has 0 saturated heterocycles. The fourth-order valence-electron chi connectivity index (χ4n) is 2.98. The summed E-state index contributed by atoms with van der Waals surface area (Å²) in [5, 5.41) is 4.17. The first-order valence-electron chi connectivity index (χ1n) is 8.48. The van der Waals surface area contributed by atoms with Crippen LogP contribution in [-0.2, 0) is 22.4 Å². The number of hydrogen-bond donors (Lipinski definition) is 1. The molecule has 1 aliphatic rings. The number of carbonyl (C=O) groups is 2. The quantitative estimate of drug-likeness (QED) is 0.603. The number of rotatable bonds is 4. The lowest BCUT2D eigenvalue weighted by atomic mass is 9.98. The number of nitrogens with zero attached hydrogens (tertiary/aromatic N) is 1. The van der Waals surface area contributed by atoms with Gasteiger partial charge in [-0.25, -0.2) is 9.78 Å². The molecule has 142 valence electrons. The van der Waals surface area contributed by atoms with Gasteiger partial charge >= 0.3 is 5.97 Å². The van der Waals surface area contributed by atoms with Gasteiger partial charge in [-0.1, -0.05) is 53.5 Å². The monoisotopic (exact) mass is 432 g/mol. The molecule has 8 heteroatoms. The van der Waals surface area contributed by atoms with Crippen molar-refractivity contribution in [3.63, 3.8) is 0 Å². The number of esters is 1. The summed E-state index contributed by atoms with van der Waals surface area (Å²) < 4.78 is 5.27. The second-order valence-electron chi connectivity index (χ2n) is 6.27. The van der Waals surface area contributed by atoms with E-state index in [0.717, 1.165) is 16.0 Å². The fraction of sp³-hybridized carbons (Fsp3) is 0.150. The summed E-state index contributed by atoms with van der Waals surface area (Å²) in [6.45, 7) is 0. The Hall–Kier alpha value is -2.41. The highest BCUT2D eigenvalue weighted by Crippen LogP contribution is 2.30. The van der Waals surface area contributed by atoms with Crippen LogP contribution in [-0.4, -0.2) is 23.0 Å². The minimum absolute atomic E-state index is 0.337. The molecule has 28 heavy (non-hydrogen) atoms. The highest BCUT2D eigenvalue weighted by atomic mass is 35.5. The zero-order chi connectivity index (χ0) is 19.7. The van der Waals surface area contributed by atoms with Crippen molar-refractivity contribution in [1.29, 1.82) is 0 Å². The Morgan fingerprint density at radius 1 is 1.21 bits per heavy atom. The van der Waals surface area contributed by atoms with E-state index in [9.17, 15) is 9.59 Å². The van der Waals surface area contributed by atoms with Gasteiger partial charge in [0.25, 0.3) is 5.91 Å². The van der Waals surface area contributed by atoms with E-state index in [1.54, 1.807) is 24.4 Å². The van der Waals surface area contributed by atoms with Gasteiger partial charge in [0, 0.05) is 23.9 Å². The number of nitrogens with one attached hydrogen (secondary N) is 1. The van der Waals surface area contributed by atoms with Crippen molar-refractivity contribution in [2.75, 3.05) is 5.32 Å². The highest BCUT2D eigenvalue weighted by Gasteiger charge is 2.31. The molecule has 2 aromatic carbocycles. The lowest BCUT2D eigenvalue weighted by Gasteiger charge is -2.23. The maximum Gasteiger partial charge on any atom is 0.339 e. The summed E-state index contributed by atoms with van der Waals surface area (Å²) in [6.07, 6.45) is 1.69. The smallest absolute Gasteiger partial charge is 0.339 e. The normalized spacial score (nSPS) is 15.6. The number of anilines is 1. The number of carbonyl (C=O) groups excluding carboxylic acids is 2. The number of ether oxygens (including phenoxy) is 1.